The number of H-pyrrole nitrogens is 1. The summed E-state index contributed by atoms with van der Waals surface area (Å²) in [6, 6.07) is 3.61. The lowest BCUT2D eigenvalue weighted by Crippen LogP contribution is -2.56. The van der Waals surface area contributed by atoms with E-state index in [-0.39, 0.29) is 12.0 Å². The zero-order valence-electron chi connectivity index (χ0n) is 13.4. The van der Waals surface area contributed by atoms with Crippen molar-refractivity contribution in [2.24, 2.45) is 0 Å². The first-order valence-electron chi connectivity index (χ1n) is 8.41. The zero-order valence-corrected chi connectivity index (χ0v) is 13.4. The number of rotatable bonds is 4. The Morgan fingerprint density at radius 3 is 2.88 bits per heavy atom. The van der Waals surface area contributed by atoms with Gasteiger partial charge in [-0.2, -0.15) is 0 Å². The fourth-order valence-corrected chi connectivity index (χ4v) is 3.16. The molecule has 24 heavy (non-hydrogen) atoms. The van der Waals surface area contributed by atoms with E-state index in [1.807, 2.05) is 6.07 Å². The zero-order chi connectivity index (χ0) is 16.4. The van der Waals surface area contributed by atoms with Crippen LogP contribution in [-0.2, 0) is 0 Å². The predicted octanol–water partition coefficient (Wildman–Crippen LogP) is 2.67. The number of aromatic nitrogens is 3. The molecule has 1 amide bonds. The summed E-state index contributed by atoms with van der Waals surface area (Å²) in [4.78, 5) is 25.7. The van der Waals surface area contributed by atoms with Crippen LogP contribution < -0.4 is 4.74 Å². The molecule has 1 aliphatic carbocycles. The van der Waals surface area contributed by atoms with Gasteiger partial charge in [-0.3, -0.25) is 4.79 Å². The van der Waals surface area contributed by atoms with Crippen LogP contribution in [0.5, 0.6) is 5.88 Å². The van der Waals surface area contributed by atoms with Crippen LogP contribution >= 0.6 is 0 Å². The Balaban J connectivity index is 1.41. The van der Waals surface area contributed by atoms with Gasteiger partial charge in [-0.05, 0) is 43.4 Å². The summed E-state index contributed by atoms with van der Waals surface area (Å²) >= 11 is 0. The SMILES string of the molecule is O=C(c1ccc[nH]1)N1CC(Oc2nccnc2C2=CCCCC2)C1. The van der Waals surface area contributed by atoms with Gasteiger partial charge in [0.1, 0.15) is 17.5 Å². The topological polar surface area (TPSA) is 71.1 Å². The van der Waals surface area contributed by atoms with Gasteiger partial charge in [0.05, 0.1) is 13.1 Å². The highest BCUT2D eigenvalue weighted by atomic mass is 16.5. The molecule has 0 aromatic carbocycles. The summed E-state index contributed by atoms with van der Waals surface area (Å²) in [5, 5.41) is 0. The number of aromatic amines is 1. The molecule has 0 bridgehead atoms. The number of nitrogens with one attached hydrogen (secondary N) is 1. The minimum Gasteiger partial charge on any atom is -0.469 e. The second-order valence-electron chi connectivity index (χ2n) is 6.22. The fraction of sp³-hybridized carbons (Fsp3) is 0.389. The summed E-state index contributed by atoms with van der Waals surface area (Å²) in [7, 11) is 0. The van der Waals surface area contributed by atoms with Gasteiger partial charge in [0.15, 0.2) is 0 Å². The maximum atomic E-state index is 12.2. The Kier molecular flexibility index (Phi) is 4.02. The molecule has 1 fully saturated rings. The molecule has 0 unspecified atom stereocenters. The van der Waals surface area contributed by atoms with Crippen LogP contribution in [0.15, 0.2) is 36.8 Å². The van der Waals surface area contributed by atoms with Crippen LogP contribution in [-0.4, -0.2) is 45.0 Å². The van der Waals surface area contributed by atoms with E-state index in [9.17, 15) is 4.79 Å². The van der Waals surface area contributed by atoms with Crippen molar-refractivity contribution in [2.45, 2.75) is 31.8 Å². The van der Waals surface area contributed by atoms with E-state index in [1.54, 1.807) is 29.6 Å². The molecule has 6 heteroatoms. The van der Waals surface area contributed by atoms with Gasteiger partial charge in [-0.25, -0.2) is 9.97 Å². The molecule has 0 saturated carbocycles. The van der Waals surface area contributed by atoms with Gasteiger partial charge in [0.2, 0.25) is 5.88 Å². The van der Waals surface area contributed by atoms with Crippen molar-refractivity contribution in [3.05, 3.63) is 48.2 Å². The summed E-state index contributed by atoms with van der Waals surface area (Å²) in [5.74, 6) is 0.594. The first kappa shape index (κ1) is 14.9. The Bertz CT molecular complexity index is 748. The summed E-state index contributed by atoms with van der Waals surface area (Å²) in [6.07, 6.45) is 11.9. The quantitative estimate of drug-likeness (QED) is 0.938. The second kappa shape index (κ2) is 6.47. The van der Waals surface area contributed by atoms with Crippen molar-refractivity contribution in [2.75, 3.05) is 13.1 Å². The number of carbonyl (C=O) groups is 1. The summed E-state index contributed by atoms with van der Waals surface area (Å²) in [6.45, 7) is 1.15. The predicted molar refractivity (Wildman–Crippen MR) is 89.6 cm³/mol. The number of ether oxygens (including phenoxy) is 1. The van der Waals surface area contributed by atoms with Crippen LogP contribution in [0.2, 0.25) is 0 Å². The minimum atomic E-state index is -0.0245. The number of hydrogen-bond acceptors (Lipinski definition) is 4. The van der Waals surface area contributed by atoms with Crippen LogP contribution in [0.3, 0.4) is 0 Å². The second-order valence-corrected chi connectivity index (χ2v) is 6.22. The van der Waals surface area contributed by atoms with Gasteiger partial charge in [-0.15, -0.1) is 0 Å². The Hall–Kier alpha value is -2.63. The molecular formula is C18H20N4O2. The largest absolute Gasteiger partial charge is 0.469 e. The first-order chi connectivity index (χ1) is 11.8. The van der Waals surface area contributed by atoms with Gasteiger partial charge in [0.25, 0.3) is 5.91 Å². The van der Waals surface area contributed by atoms with Crippen molar-refractivity contribution in [3.63, 3.8) is 0 Å². The van der Waals surface area contributed by atoms with E-state index in [0.29, 0.717) is 24.7 Å². The van der Waals surface area contributed by atoms with E-state index in [0.717, 1.165) is 18.5 Å². The van der Waals surface area contributed by atoms with E-state index < -0.39 is 0 Å². The van der Waals surface area contributed by atoms with Gasteiger partial charge in [-0.1, -0.05) is 6.08 Å². The molecule has 0 radical (unpaired) electrons. The Morgan fingerprint density at radius 2 is 2.12 bits per heavy atom. The first-order valence-corrected chi connectivity index (χ1v) is 8.41. The Morgan fingerprint density at radius 1 is 1.25 bits per heavy atom. The van der Waals surface area contributed by atoms with Crippen molar-refractivity contribution in [3.8, 4) is 5.88 Å². The Labute approximate surface area is 140 Å². The molecule has 0 spiro atoms. The highest BCUT2D eigenvalue weighted by Crippen LogP contribution is 2.31. The van der Waals surface area contributed by atoms with Crippen molar-refractivity contribution < 1.29 is 9.53 Å². The lowest BCUT2D eigenvalue weighted by atomic mass is 9.97. The number of carbonyl (C=O) groups excluding carboxylic acids is 1. The van der Waals surface area contributed by atoms with E-state index >= 15 is 0 Å². The monoisotopic (exact) mass is 324 g/mol. The van der Waals surface area contributed by atoms with Crippen LogP contribution in [0.1, 0.15) is 41.9 Å². The molecule has 2 aliphatic rings. The number of likely N-dealkylation sites (tertiary alicyclic amines) is 1. The lowest BCUT2D eigenvalue weighted by molar-refractivity contribution is 0.0153. The van der Waals surface area contributed by atoms with Crippen molar-refractivity contribution in [1.29, 1.82) is 0 Å². The number of nitrogens with zero attached hydrogens (tertiary/aromatic N) is 3. The van der Waals surface area contributed by atoms with E-state index in [2.05, 4.69) is 21.0 Å². The average Bonchev–Trinajstić information content (AvgIpc) is 3.13. The lowest BCUT2D eigenvalue weighted by Gasteiger charge is -2.38. The van der Waals surface area contributed by atoms with Gasteiger partial charge >= 0.3 is 0 Å². The third-order valence-electron chi connectivity index (χ3n) is 4.50. The standard InChI is InChI=1S/C18H20N4O2/c23-18(15-7-4-8-19-15)22-11-14(12-22)24-17-16(20-9-10-21-17)13-5-2-1-3-6-13/h4-5,7-10,14,19H,1-3,6,11-12H2. The molecule has 4 rings (SSSR count). The maximum absolute atomic E-state index is 12.2. The molecule has 2 aromatic rings. The molecule has 1 saturated heterocycles. The average molecular weight is 324 g/mol. The number of hydrogen-bond donors (Lipinski definition) is 1. The number of amides is 1. The molecule has 1 aliphatic heterocycles. The fourth-order valence-electron chi connectivity index (χ4n) is 3.16. The third kappa shape index (κ3) is 2.91. The maximum Gasteiger partial charge on any atom is 0.270 e. The highest BCUT2D eigenvalue weighted by Gasteiger charge is 2.34. The van der Waals surface area contributed by atoms with Crippen LogP contribution in [0, 0.1) is 0 Å². The molecule has 0 atom stereocenters. The summed E-state index contributed by atoms with van der Waals surface area (Å²) in [5.41, 5.74) is 2.69. The van der Waals surface area contributed by atoms with E-state index in [4.69, 9.17) is 4.74 Å². The van der Waals surface area contributed by atoms with Crippen LogP contribution in [0.25, 0.3) is 5.57 Å². The van der Waals surface area contributed by atoms with Gasteiger partial charge < -0.3 is 14.6 Å². The van der Waals surface area contributed by atoms with Crippen LogP contribution in [0.4, 0.5) is 0 Å². The molecule has 124 valence electrons. The minimum absolute atomic E-state index is 0.00853. The molecular weight excluding hydrogens is 304 g/mol. The summed E-state index contributed by atoms with van der Waals surface area (Å²) < 4.78 is 6.01. The smallest absolute Gasteiger partial charge is 0.270 e. The van der Waals surface area contributed by atoms with Crippen molar-refractivity contribution in [1.82, 2.24) is 19.9 Å². The molecule has 6 nitrogen and oxygen atoms in total. The number of allylic oxidation sites excluding steroid dienone is 2. The van der Waals surface area contributed by atoms with Gasteiger partial charge in [0, 0.05) is 18.6 Å². The molecule has 3 heterocycles. The highest BCUT2D eigenvalue weighted by molar-refractivity contribution is 5.93. The van der Waals surface area contributed by atoms with Crippen molar-refractivity contribution >= 4 is 11.5 Å². The molecule has 1 N–H and O–H groups in total. The normalized spacial score (nSPS) is 18.0. The third-order valence-corrected chi connectivity index (χ3v) is 4.50. The molecule has 2 aromatic heterocycles. The van der Waals surface area contributed by atoms with E-state index in [1.165, 1.54) is 18.4 Å².